The van der Waals surface area contributed by atoms with Gasteiger partial charge in [0, 0.05) is 25.6 Å². The van der Waals surface area contributed by atoms with E-state index in [1.807, 2.05) is 13.0 Å². The van der Waals surface area contributed by atoms with E-state index in [0.29, 0.717) is 31.3 Å². The van der Waals surface area contributed by atoms with Gasteiger partial charge in [0.05, 0.1) is 0 Å². The molecule has 3 heterocycles. The zero-order valence-corrected chi connectivity index (χ0v) is 16.6. The zero-order valence-electron chi connectivity index (χ0n) is 16.6. The average molecular weight is 383 g/mol. The highest BCUT2D eigenvalue weighted by Gasteiger charge is 2.31. The van der Waals surface area contributed by atoms with Crippen LogP contribution in [0.2, 0.25) is 0 Å². The molecule has 0 saturated carbocycles. The van der Waals surface area contributed by atoms with Crippen molar-refractivity contribution in [1.29, 1.82) is 0 Å². The molecule has 28 heavy (non-hydrogen) atoms. The van der Waals surface area contributed by atoms with Gasteiger partial charge in [0.25, 0.3) is 0 Å². The highest BCUT2D eigenvalue weighted by molar-refractivity contribution is 5.69. The highest BCUT2D eigenvalue weighted by Crippen LogP contribution is 2.31. The third-order valence-electron chi connectivity index (χ3n) is 5.05. The van der Waals surface area contributed by atoms with Gasteiger partial charge in [0.1, 0.15) is 23.2 Å². The van der Waals surface area contributed by atoms with Gasteiger partial charge < -0.3 is 5.32 Å². The second kappa shape index (κ2) is 7.37. The summed E-state index contributed by atoms with van der Waals surface area (Å²) in [5, 5.41) is 3.45. The maximum atomic E-state index is 13.5. The van der Waals surface area contributed by atoms with Crippen molar-refractivity contribution in [2.45, 2.75) is 59.2 Å². The number of fused-ring (bicyclic) bond motifs is 3. The summed E-state index contributed by atoms with van der Waals surface area (Å²) in [6.45, 7) is 7.46. The number of hydrogen-bond acceptors (Lipinski definition) is 4. The number of rotatable bonds is 6. The highest BCUT2D eigenvalue weighted by atomic mass is 19.1. The molecule has 148 valence electrons. The summed E-state index contributed by atoms with van der Waals surface area (Å²) in [4.78, 5) is 22.5. The number of nitrogens with zero attached hydrogens (tertiary/aromatic N) is 4. The van der Waals surface area contributed by atoms with Gasteiger partial charge in [-0.2, -0.15) is 0 Å². The van der Waals surface area contributed by atoms with E-state index in [1.165, 1.54) is 6.07 Å². The third-order valence-corrected chi connectivity index (χ3v) is 5.05. The van der Waals surface area contributed by atoms with E-state index in [0.717, 1.165) is 35.7 Å². The van der Waals surface area contributed by atoms with Crippen molar-refractivity contribution in [3.8, 4) is 11.5 Å². The lowest BCUT2D eigenvalue weighted by Crippen LogP contribution is -2.32. The van der Waals surface area contributed by atoms with Gasteiger partial charge in [-0.15, -0.1) is 0 Å². The Morgan fingerprint density at radius 2 is 2.14 bits per heavy atom. The van der Waals surface area contributed by atoms with Crippen molar-refractivity contribution in [3.63, 3.8) is 0 Å². The van der Waals surface area contributed by atoms with Crippen LogP contribution in [0.3, 0.4) is 0 Å². The number of imidazole rings is 1. The third kappa shape index (κ3) is 3.41. The van der Waals surface area contributed by atoms with Crippen LogP contribution in [-0.4, -0.2) is 25.1 Å². The van der Waals surface area contributed by atoms with Crippen molar-refractivity contribution in [3.05, 3.63) is 52.0 Å². The molecule has 0 aromatic heterocycles. The van der Waals surface area contributed by atoms with Gasteiger partial charge in [0.15, 0.2) is 5.82 Å². The standard InChI is InChI=1S/C21H26FN5O/c1-4-8-26-20-18(24-17(25-20)9-13(2)3)19-23-16(12-27(19)21(26)28)11-14-6-5-7-15(22)10-14/h5-7,10,13,16,23H,4,8-9,11-12H2,1-3H3. The van der Waals surface area contributed by atoms with Crippen molar-refractivity contribution in [2.75, 3.05) is 5.32 Å². The SMILES string of the molecule is CCCn1c2nc(CC(C)C)nc-2c2n(c1=O)CC(Cc1cccc(F)c1)N2. The monoisotopic (exact) mass is 383 g/mol. The first kappa shape index (κ1) is 18.7. The normalized spacial score (nSPS) is 16.0. The molecule has 1 unspecified atom stereocenters. The van der Waals surface area contributed by atoms with Crippen LogP contribution >= 0.6 is 0 Å². The Labute approximate surface area is 163 Å². The smallest absolute Gasteiger partial charge is 0.331 e. The Bertz CT molecular complexity index is 1020. The summed E-state index contributed by atoms with van der Waals surface area (Å²) in [6.07, 6.45) is 2.27. The molecule has 1 aromatic carbocycles. The Kier molecular flexibility index (Phi) is 4.91. The van der Waals surface area contributed by atoms with Crippen LogP contribution in [-0.2, 0) is 25.9 Å². The van der Waals surface area contributed by atoms with E-state index >= 15 is 0 Å². The average Bonchev–Trinajstić information content (AvgIpc) is 3.22. The van der Waals surface area contributed by atoms with Crippen LogP contribution in [0.1, 0.15) is 38.6 Å². The minimum atomic E-state index is -0.242. The summed E-state index contributed by atoms with van der Waals surface area (Å²) in [5.74, 6) is 2.37. The topological polar surface area (TPSA) is 64.7 Å². The molecule has 0 spiro atoms. The van der Waals surface area contributed by atoms with E-state index < -0.39 is 0 Å². The predicted octanol–water partition coefficient (Wildman–Crippen LogP) is 3.33. The van der Waals surface area contributed by atoms with Gasteiger partial charge in [-0.05, 0) is 36.5 Å². The van der Waals surface area contributed by atoms with Gasteiger partial charge in [-0.1, -0.05) is 32.9 Å². The van der Waals surface area contributed by atoms with Crippen LogP contribution in [0.15, 0.2) is 29.1 Å². The molecule has 3 aliphatic heterocycles. The molecule has 0 bridgehead atoms. The first-order chi connectivity index (χ1) is 13.5. The van der Waals surface area contributed by atoms with Crippen LogP contribution < -0.4 is 11.0 Å². The van der Waals surface area contributed by atoms with Gasteiger partial charge >= 0.3 is 5.69 Å². The fraction of sp³-hybridized carbons (Fsp3) is 0.476. The number of anilines is 1. The quantitative estimate of drug-likeness (QED) is 0.709. The minimum absolute atomic E-state index is 0.0143. The van der Waals surface area contributed by atoms with E-state index in [4.69, 9.17) is 4.98 Å². The van der Waals surface area contributed by atoms with Crippen molar-refractivity contribution < 1.29 is 4.39 Å². The lowest BCUT2D eigenvalue weighted by Gasteiger charge is -2.13. The number of aromatic nitrogens is 4. The van der Waals surface area contributed by atoms with E-state index in [1.54, 1.807) is 21.3 Å². The maximum absolute atomic E-state index is 13.5. The summed E-state index contributed by atoms with van der Waals surface area (Å²) in [6, 6.07) is 6.63. The molecule has 0 aliphatic carbocycles. The second-order valence-electron chi connectivity index (χ2n) is 7.98. The van der Waals surface area contributed by atoms with Crippen LogP contribution in [0.5, 0.6) is 0 Å². The van der Waals surface area contributed by atoms with E-state index in [-0.39, 0.29) is 17.5 Å². The zero-order chi connectivity index (χ0) is 19.8. The largest absolute Gasteiger partial charge is 0.365 e. The van der Waals surface area contributed by atoms with Gasteiger partial charge in [-0.25, -0.2) is 19.2 Å². The first-order valence-corrected chi connectivity index (χ1v) is 9.97. The fourth-order valence-electron chi connectivity index (χ4n) is 3.91. The molecule has 1 N–H and O–H groups in total. The number of halogens is 1. The molecular weight excluding hydrogens is 357 g/mol. The number of hydrogen-bond donors (Lipinski definition) is 1. The molecule has 0 fully saturated rings. The summed E-state index contributed by atoms with van der Waals surface area (Å²) in [5.41, 5.74) is 1.60. The number of nitrogens with one attached hydrogen (secondary N) is 1. The molecule has 1 atom stereocenters. The van der Waals surface area contributed by atoms with Crippen LogP contribution in [0, 0.1) is 11.7 Å². The fourth-order valence-corrected chi connectivity index (χ4v) is 3.91. The minimum Gasteiger partial charge on any atom is -0.365 e. The summed E-state index contributed by atoms with van der Waals surface area (Å²) < 4.78 is 17.0. The molecule has 1 aromatic rings. The van der Waals surface area contributed by atoms with Gasteiger partial charge in [0.2, 0.25) is 0 Å². The maximum Gasteiger partial charge on any atom is 0.331 e. The first-order valence-electron chi connectivity index (χ1n) is 9.97. The predicted molar refractivity (Wildman–Crippen MR) is 107 cm³/mol. The molecular formula is C21H26FN5O. The Hall–Kier alpha value is -2.70. The molecule has 4 rings (SSSR count). The second-order valence-corrected chi connectivity index (χ2v) is 7.98. The van der Waals surface area contributed by atoms with Crippen LogP contribution in [0.25, 0.3) is 11.5 Å². The van der Waals surface area contributed by atoms with E-state index in [9.17, 15) is 9.18 Å². The summed E-state index contributed by atoms with van der Waals surface area (Å²) in [7, 11) is 0. The van der Waals surface area contributed by atoms with Crippen molar-refractivity contribution in [2.24, 2.45) is 5.92 Å². The van der Waals surface area contributed by atoms with Gasteiger partial charge in [-0.3, -0.25) is 9.13 Å². The van der Waals surface area contributed by atoms with E-state index in [2.05, 4.69) is 24.1 Å². The molecule has 3 aliphatic rings. The van der Waals surface area contributed by atoms with Crippen molar-refractivity contribution >= 4 is 5.82 Å². The Morgan fingerprint density at radius 1 is 1.32 bits per heavy atom. The Morgan fingerprint density at radius 3 is 2.86 bits per heavy atom. The molecule has 6 nitrogen and oxygen atoms in total. The lowest BCUT2D eigenvalue weighted by atomic mass is 10.1. The lowest BCUT2D eigenvalue weighted by molar-refractivity contribution is 0.558. The molecule has 7 heteroatoms. The molecule has 0 radical (unpaired) electrons. The number of benzene rings is 1. The summed E-state index contributed by atoms with van der Waals surface area (Å²) >= 11 is 0. The van der Waals surface area contributed by atoms with Crippen molar-refractivity contribution in [1.82, 2.24) is 19.1 Å². The Balaban J connectivity index is 1.72. The van der Waals surface area contributed by atoms with Crippen LogP contribution in [0.4, 0.5) is 10.2 Å². The molecule has 0 saturated heterocycles. The molecule has 0 amide bonds.